The third kappa shape index (κ3) is 4.40. The van der Waals surface area contributed by atoms with Crippen molar-refractivity contribution in [1.29, 1.82) is 0 Å². The number of fused-ring (bicyclic) bond motifs is 5. The Morgan fingerprint density at radius 1 is 1.14 bits per heavy atom. The molecular formula is C31H29ClFN5O5. The second-order valence-electron chi connectivity index (χ2n) is 11.3. The van der Waals surface area contributed by atoms with Gasteiger partial charge in [0.15, 0.2) is 28.9 Å². The summed E-state index contributed by atoms with van der Waals surface area (Å²) in [7, 11) is 1.35. The standard InChI is InChI=1S/C31H29ClFN5O5/c1-40-31(39)21-8-7-20-30(35-21)38-27(34-20)15-37-11-10-36(14-23(37)28(38)24-9-12-41-24)22-3-2-4-25-29(22)43-26(16-42-25)18-6-5-17(32)13-19(18)33/h2-8,13,23-24,26,28H,9-12,14-16H2,1H3/t23-,24+,26+,28?/m1/s1. The Labute approximate surface area is 251 Å². The number of hydrogen-bond donors (Lipinski definition) is 0. The normalized spacial score (nSPS) is 24.7. The second-order valence-corrected chi connectivity index (χ2v) is 11.7. The highest BCUT2D eigenvalue weighted by Crippen LogP contribution is 2.46. The van der Waals surface area contributed by atoms with Gasteiger partial charge in [-0.3, -0.25) is 4.90 Å². The van der Waals surface area contributed by atoms with E-state index in [-0.39, 0.29) is 30.5 Å². The van der Waals surface area contributed by atoms with E-state index in [1.807, 2.05) is 24.3 Å². The molecule has 0 amide bonds. The maximum absolute atomic E-state index is 14.8. The lowest BCUT2D eigenvalue weighted by atomic mass is 9.91. The Bertz CT molecular complexity index is 1750. The van der Waals surface area contributed by atoms with E-state index < -0.39 is 17.9 Å². The molecule has 4 aromatic rings. The minimum Gasteiger partial charge on any atom is -0.485 e. The average Bonchev–Trinajstić information content (AvgIpc) is 3.36. The molecule has 6 heterocycles. The lowest BCUT2D eigenvalue weighted by Crippen LogP contribution is -2.61. The van der Waals surface area contributed by atoms with E-state index >= 15 is 0 Å². The van der Waals surface area contributed by atoms with Crippen LogP contribution in [0.2, 0.25) is 5.02 Å². The molecule has 4 aliphatic heterocycles. The molecule has 2 aromatic heterocycles. The second kappa shape index (κ2) is 10.4. The summed E-state index contributed by atoms with van der Waals surface area (Å²) in [6.45, 7) is 3.83. The Balaban J connectivity index is 1.14. The van der Waals surface area contributed by atoms with Gasteiger partial charge in [-0.15, -0.1) is 0 Å². The number of hydrogen-bond acceptors (Lipinski definition) is 9. The van der Waals surface area contributed by atoms with Crippen LogP contribution in [0.5, 0.6) is 11.5 Å². The number of benzene rings is 2. The first kappa shape index (κ1) is 26.7. The molecule has 0 saturated carbocycles. The molecule has 2 fully saturated rings. The zero-order valence-corrected chi connectivity index (χ0v) is 24.2. The summed E-state index contributed by atoms with van der Waals surface area (Å²) in [5.41, 5.74) is 2.96. The Morgan fingerprint density at radius 2 is 2.02 bits per heavy atom. The Morgan fingerprint density at radius 3 is 2.81 bits per heavy atom. The molecule has 12 heteroatoms. The molecule has 0 radical (unpaired) electrons. The van der Waals surface area contributed by atoms with E-state index in [1.54, 1.807) is 18.2 Å². The van der Waals surface area contributed by atoms with Crippen LogP contribution in [0.4, 0.5) is 10.1 Å². The number of esters is 1. The average molecular weight is 606 g/mol. The third-order valence-electron chi connectivity index (χ3n) is 8.95. The number of rotatable bonds is 4. The minimum atomic E-state index is -0.604. The molecule has 10 nitrogen and oxygen atoms in total. The number of pyridine rings is 1. The van der Waals surface area contributed by atoms with Gasteiger partial charge in [0, 0.05) is 36.8 Å². The molecule has 8 rings (SSSR count). The van der Waals surface area contributed by atoms with E-state index in [0.717, 1.165) is 36.5 Å². The van der Waals surface area contributed by atoms with Crippen molar-refractivity contribution in [3.63, 3.8) is 0 Å². The van der Waals surface area contributed by atoms with Gasteiger partial charge in [-0.05, 0) is 42.8 Å². The van der Waals surface area contributed by atoms with Crippen molar-refractivity contribution in [3.05, 3.63) is 76.5 Å². The lowest BCUT2D eigenvalue weighted by Gasteiger charge is -2.52. The van der Waals surface area contributed by atoms with Gasteiger partial charge in [-0.2, -0.15) is 0 Å². The third-order valence-corrected chi connectivity index (χ3v) is 9.18. The van der Waals surface area contributed by atoms with Crippen molar-refractivity contribution < 1.29 is 28.1 Å². The quantitative estimate of drug-likeness (QED) is 0.311. The summed E-state index contributed by atoms with van der Waals surface area (Å²) in [6.07, 6.45) is 0.318. The van der Waals surface area contributed by atoms with Crippen molar-refractivity contribution >= 4 is 34.4 Å². The summed E-state index contributed by atoms with van der Waals surface area (Å²) < 4.78 is 40.6. The first-order chi connectivity index (χ1) is 21.0. The van der Waals surface area contributed by atoms with Crippen LogP contribution < -0.4 is 14.4 Å². The molecule has 222 valence electrons. The number of aromatic nitrogens is 3. The first-order valence-corrected chi connectivity index (χ1v) is 14.8. The first-order valence-electron chi connectivity index (χ1n) is 14.4. The van der Waals surface area contributed by atoms with E-state index in [2.05, 4.69) is 14.4 Å². The van der Waals surface area contributed by atoms with Crippen LogP contribution in [0.25, 0.3) is 11.2 Å². The maximum Gasteiger partial charge on any atom is 0.356 e. The van der Waals surface area contributed by atoms with Crippen molar-refractivity contribution in [1.82, 2.24) is 19.4 Å². The highest BCUT2D eigenvalue weighted by atomic mass is 35.5. The predicted octanol–water partition coefficient (Wildman–Crippen LogP) is 4.56. The SMILES string of the molecule is COC(=O)c1ccc2nc3n(c2n1)C([C@@H]1CCO1)[C@H]1CN(c2cccc4c2O[C@H](c2ccc(Cl)cc2F)CO4)CCN1C3. The fourth-order valence-electron chi connectivity index (χ4n) is 6.78. The van der Waals surface area contributed by atoms with E-state index in [1.165, 1.54) is 13.2 Å². The van der Waals surface area contributed by atoms with Crippen LogP contribution in [0, 0.1) is 5.82 Å². The van der Waals surface area contributed by atoms with Crippen LogP contribution in [0.1, 0.15) is 40.4 Å². The smallest absolute Gasteiger partial charge is 0.356 e. The number of methoxy groups -OCH3 is 1. The number of halogens is 2. The summed E-state index contributed by atoms with van der Waals surface area (Å²) in [4.78, 5) is 26.7. The number of carbonyl (C=O) groups excluding carboxylic acids is 1. The molecule has 0 spiro atoms. The number of para-hydroxylation sites is 1. The van der Waals surface area contributed by atoms with Gasteiger partial charge < -0.3 is 28.4 Å². The van der Waals surface area contributed by atoms with Gasteiger partial charge >= 0.3 is 5.97 Å². The summed E-state index contributed by atoms with van der Waals surface area (Å²) >= 11 is 5.99. The van der Waals surface area contributed by atoms with Gasteiger partial charge in [0.05, 0.1) is 37.5 Å². The lowest BCUT2D eigenvalue weighted by molar-refractivity contribution is -0.107. The zero-order chi connectivity index (χ0) is 29.2. The largest absolute Gasteiger partial charge is 0.485 e. The van der Waals surface area contributed by atoms with Crippen LogP contribution >= 0.6 is 11.6 Å². The molecule has 4 aliphatic rings. The van der Waals surface area contributed by atoms with Crippen LogP contribution in [-0.4, -0.2) is 77.5 Å². The molecule has 0 aliphatic carbocycles. The molecule has 1 unspecified atom stereocenters. The van der Waals surface area contributed by atoms with Crippen molar-refractivity contribution in [2.45, 2.75) is 37.3 Å². The van der Waals surface area contributed by atoms with Crippen LogP contribution in [0.3, 0.4) is 0 Å². The van der Waals surface area contributed by atoms with Crippen molar-refractivity contribution in [2.75, 3.05) is 44.9 Å². The van der Waals surface area contributed by atoms with Crippen LogP contribution in [0.15, 0.2) is 48.5 Å². The Kier molecular flexibility index (Phi) is 6.43. The molecule has 4 atom stereocenters. The van der Waals surface area contributed by atoms with E-state index in [9.17, 15) is 9.18 Å². The van der Waals surface area contributed by atoms with Crippen molar-refractivity contribution in [3.8, 4) is 11.5 Å². The fourth-order valence-corrected chi connectivity index (χ4v) is 6.94. The summed E-state index contributed by atoms with van der Waals surface area (Å²) in [5, 5.41) is 0.333. The van der Waals surface area contributed by atoms with E-state index in [4.69, 9.17) is 40.5 Å². The number of nitrogens with zero attached hydrogens (tertiary/aromatic N) is 5. The monoisotopic (exact) mass is 605 g/mol. The number of piperazine rings is 1. The van der Waals surface area contributed by atoms with Gasteiger partial charge in [-0.1, -0.05) is 23.7 Å². The number of imidazole rings is 1. The topological polar surface area (TPSA) is 91.2 Å². The maximum atomic E-state index is 14.8. The number of anilines is 1. The van der Waals surface area contributed by atoms with Gasteiger partial charge in [0.1, 0.15) is 23.8 Å². The fraction of sp³-hybridized carbons (Fsp3) is 0.387. The van der Waals surface area contributed by atoms with Crippen LogP contribution in [-0.2, 0) is 16.0 Å². The molecule has 2 saturated heterocycles. The zero-order valence-electron chi connectivity index (χ0n) is 23.4. The molecule has 0 bridgehead atoms. The number of ether oxygens (including phenoxy) is 4. The molecule has 0 N–H and O–H groups in total. The minimum absolute atomic E-state index is 0.00554. The highest BCUT2D eigenvalue weighted by Gasteiger charge is 2.47. The summed E-state index contributed by atoms with van der Waals surface area (Å²) in [5.74, 6) is 1.25. The van der Waals surface area contributed by atoms with Crippen molar-refractivity contribution in [2.24, 2.45) is 0 Å². The molecule has 43 heavy (non-hydrogen) atoms. The predicted molar refractivity (Wildman–Crippen MR) is 155 cm³/mol. The van der Waals surface area contributed by atoms with Gasteiger partial charge in [-0.25, -0.2) is 19.2 Å². The van der Waals surface area contributed by atoms with E-state index in [0.29, 0.717) is 47.4 Å². The van der Waals surface area contributed by atoms with Gasteiger partial charge in [0.25, 0.3) is 0 Å². The summed E-state index contributed by atoms with van der Waals surface area (Å²) in [6, 6.07) is 14.0. The highest BCUT2D eigenvalue weighted by molar-refractivity contribution is 6.30. The molecule has 2 aromatic carbocycles. The number of carbonyl (C=O) groups is 1. The van der Waals surface area contributed by atoms with Gasteiger partial charge in [0.2, 0.25) is 0 Å². The molecular weight excluding hydrogens is 577 g/mol. The Hall–Kier alpha value is -3.93.